The molecule has 0 amide bonds. The molecule has 2 nitrogen and oxygen atoms in total. The second-order valence-corrected chi connectivity index (χ2v) is 3.41. The lowest BCUT2D eigenvalue weighted by Gasteiger charge is -2.09. The molecule has 0 saturated carbocycles. The van der Waals surface area contributed by atoms with E-state index in [1.54, 1.807) is 7.11 Å². The third kappa shape index (κ3) is 3.90. The predicted molar refractivity (Wildman–Crippen MR) is 65.6 cm³/mol. The van der Waals surface area contributed by atoms with Gasteiger partial charge in [-0.2, -0.15) is 0 Å². The molecule has 1 heterocycles. The first-order chi connectivity index (χ1) is 7.19. The number of pyridine rings is 1. The molecule has 0 N–H and O–H groups in total. The van der Waals surface area contributed by atoms with Gasteiger partial charge in [-0.15, -0.1) is 0 Å². The predicted octanol–water partition coefficient (Wildman–Crippen LogP) is 3.80. The first-order valence-corrected chi connectivity index (χ1v) is 5.72. The Morgan fingerprint density at radius 1 is 1.27 bits per heavy atom. The molecule has 1 rings (SSSR count). The molecule has 0 radical (unpaired) electrons. The lowest BCUT2D eigenvalue weighted by atomic mass is 10.1. The number of hydrogen-bond donors (Lipinski definition) is 0. The van der Waals surface area contributed by atoms with Gasteiger partial charge in [-0.25, -0.2) is 4.98 Å². The number of methoxy groups -OCH3 is 1. The molecule has 0 spiro atoms. The zero-order valence-electron chi connectivity index (χ0n) is 10.8. The van der Waals surface area contributed by atoms with E-state index in [0.717, 1.165) is 18.0 Å². The maximum Gasteiger partial charge on any atom is 0.216 e. The molecule has 0 aliphatic carbocycles. The fourth-order valence-electron chi connectivity index (χ4n) is 1.25. The van der Waals surface area contributed by atoms with Crippen molar-refractivity contribution >= 4 is 0 Å². The maximum absolute atomic E-state index is 5.22. The summed E-state index contributed by atoms with van der Waals surface area (Å²) in [5.74, 6) is 1.23. The van der Waals surface area contributed by atoms with Crippen LogP contribution in [0.2, 0.25) is 0 Å². The van der Waals surface area contributed by atoms with Gasteiger partial charge in [0.15, 0.2) is 0 Å². The van der Waals surface area contributed by atoms with Crippen molar-refractivity contribution in [3.63, 3.8) is 0 Å². The summed E-state index contributed by atoms with van der Waals surface area (Å²) in [4.78, 5) is 4.44. The Kier molecular flexibility index (Phi) is 6.76. The highest BCUT2D eigenvalue weighted by atomic mass is 16.5. The molecule has 15 heavy (non-hydrogen) atoms. The first-order valence-electron chi connectivity index (χ1n) is 5.72. The van der Waals surface area contributed by atoms with Crippen molar-refractivity contribution < 1.29 is 4.74 Å². The molecule has 0 saturated heterocycles. The molecule has 0 aromatic carbocycles. The molecular formula is C13H23NO. The van der Waals surface area contributed by atoms with Crippen LogP contribution in [0.1, 0.15) is 51.8 Å². The molecule has 1 aromatic rings. The normalized spacial score (nSPS) is 9.53. The summed E-state index contributed by atoms with van der Waals surface area (Å²) in [6.07, 6.45) is 0.967. The zero-order valence-corrected chi connectivity index (χ0v) is 10.8. The van der Waals surface area contributed by atoms with Gasteiger partial charge in [-0.3, -0.25) is 0 Å². The Morgan fingerprint density at radius 3 is 2.27 bits per heavy atom. The van der Waals surface area contributed by atoms with E-state index in [1.165, 1.54) is 5.56 Å². The number of aromatic nitrogens is 1. The lowest BCUT2D eigenvalue weighted by Crippen LogP contribution is -1.99. The van der Waals surface area contributed by atoms with Gasteiger partial charge in [0.25, 0.3) is 0 Å². The largest absolute Gasteiger partial charge is 0.481 e. The van der Waals surface area contributed by atoms with Crippen LogP contribution in [0.5, 0.6) is 5.88 Å². The second-order valence-electron chi connectivity index (χ2n) is 3.41. The molecule has 0 atom stereocenters. The minimum absolute atomic E-state index is 0.458. The van der Waals surface area contributed by atoms with Gasteiger partial charge in [0.05, 0.1) is 7.11 Å². The standard InChI is InChI=1S/C11H17NO.C2H6/c1-5-9-6-7-10(8(2)3)12-11(9)13-4;1-2/h6-8H,5H2,1-4H3;1-2H3. The Morgan fingerprint density at radius 2 is 1.87 bits per heavy atom. The monoisotopic (exact) mass is 209 g/mol. The highest BCUT2D eigenvalue weighted by Crippen LogP contribution is 2.20. The van der Waals surface area contributed by atoms with Crippen molar-refractivity contribution in [2.24, 2.45) is 0 Å². The molecule has 0 aliphatic heterocycles. The number of hydrogen-bond acceptors (Lipinski definition) is 2. The molecule has 0 aliphatic rings. The molecular weight excluding hydrogens is 186 g/mol. The van der Waals surface area contributed by atoms with Gasteiger partial charge in [-0.1, -0.05) is 40.7 Å². The molecule has 0 fully saturated rings. The zero-order chi connectivity index (χ0) is 11.8. The number of ether oxygens (including phenoxy) is 1. The number of rotatable bonds is 3. The van der Waals surface area contributed by atoms with Crippen LogP contribution < -0.4 is 4.74 Å². The fourth-order valence-corrected chi connectivity index (χ4v) is 1.25. The van der Waals surface area contributed by atoms with Crippen LogP contribution in [0, 0.1) is 0 Å². The summed E-state index contributed by atoms with van der Waals surface area (Å²) < 4.78 is 5.22. The molecule has 1 aromatic heterocycles. The summed E-state index contributed by atoms with van der Waals surface area (Å²) in [6, 6.07) is 4.17. The van der Waals surface area contributed by atoms with Crippen LogP contribution in [0.25, 0.3) is 0 Å². The van der Waals surface area contributed by atoms with Crippen molar-refractivity contribution in [1.82, 2.24) is 4.98 Å². The van der Waals surface area contributed by atoms with Crippen molar-refractivity contribution in [1.29, 1.82) is 0 Å². The van der Waals surface area contributed by atoms with Crippen LogP contribution in [0.4, 0.5) is 0 Å². The van der Waals surface area contributed by atoms with E-state index in [4.69, 9.17) is 4.74 Å². The van der Waals surface area contributed by atoms with Crippen molar-refractivity contribution in [2.45, 2.75) is 47.0 Å². The Bertz CT molecular complexity index is 282. The van der Waals surface area contributed by atoms with Crippen molar-refractivity contribution in [3.05, 3.63) is 23.4 Å². The average Bonchev–Trinajstić information content (AvgIpc) is 2.30. The molecule has 0 bridgehead atoms. The van der Waals surface area contributed by atoms with E-state index in [9.17, 15) is 0 Å². The van der Waals surface area contributed by atoms with Gasteiger partial charge < -0.3 is 4.74 Å². The second kappa shape index (κ2) is 7.27. The van der Waals surface area contributed by atoms with Gasteiger partial charge in [-0.05, 0) is 18.4 Å². The summed E-state index contributed by atoms with van der Waals surface area (Å²) in [7, 11) is 1.67. The summed E-state index contributed by atoms with van der Waals surface area (Å²) >= 11 is 0. The minimum Gasteiger partial charge on any atom is -0.481 e. The van der Waals surface area contributed by atoms with E-state index in [-0.39, 0.29) is 0 Å². The average molecular weight is 209 g/mol. The Labute approximate surface area is 93.7 Å². The van der Waals surface area contributed by atoms with Crippen LogP contribution >= 0.6 is 0 Å². The van der Waals surface area contributed by atoms with Crippen LogP contribution in [0.15, 0.2) is 12.1 Å². The van der Waals surface area contributed by atoms with Crippen molar-refractivity contribution in [2.75, 3.05) is 7.11 Å². The highest BCUT2D eigenvalue weighted by molar-refractivity contribution is 5.29. The number of aryl methyl sites for hydroxylation is 1. The summed E-state index contributed by atoms with van der Waals surface area (Å²) in [5, 5.41) is 0. The highest BCUT2D eigenvalue weighted by Gasteiger charge is 2.06. The van der Waals surface area contributed by atoms with Crippen LogP contribution in [-0.2, 0) is 6.42 Å². The SMILES string of the molecule is CC.CCc1ccc(C(C)C)nc1OC. The quantitative estimate of drug-likeness (QED) is 0.755. The fraction of sp³-hybridized carbons (Fsp3) is 0.615. The first kappa shape index (κ1) is 13.9. The van der Waals surface area contributed by atoms with Crippen LogP contribution in [0.3, 0.4) is 0 Å². The van der Waals surface area contributed by atoms with Crippen LogP contribution in [-0.4, -0.2) is 12.1 Å². The topological polar surface area (TPSA) is 22.1 Å². The summed E-state index contributed by atoms with van der Waals surface area (Å²) in [6.45, 7) is 10.4. The van der Waals surface area contributed by atoms with E-state index in [2.05, 4.69) is 37.9 Å². The van der Waals surface area contributed by atoms with E-state index < -0.39 is 0 Å². The third-order valence-electron chi connectivity index (χ3n) is 2.13. The van der Waals surface area contributed by atoms with Gasteiger partial charge in [0.1, 0.15) is 0 Å². The third-order valence-corrected chi connectivity index (χ3v) is 2.13. The lowest BCUT2D eigenvalue weighted by molar-refractivity contribution is 0.390. The van der Waals surface area contributed by atoms with Gasteiger partial charge >= 0.3 is 0 Å². The van der Waals surface area contributed by atoms with E-state index >= 15 is 0 Å². The molecule has 0 unspecified atom stereocenters. The Hall–Kier alpha value is -1.05. The molecule has 2 heteroatoms. The van der Waals surface area contributed by atoms with Gasteiger partial charge in [0.2, 0.25) is 5.88 Å². The van der Waals surface area contributed by atoms with Gasteiger partial charge in [0, 0.05) is 11.3 Å². The van der Waals surface area contributed by atoms with E-state index in [0.29, 0.717) is 5.92 Å². The minimum atomic E-state index is 0.458. The summed E-state index contributed by atoms with van der Waals surface area (Å²) in [5.41, 5.74) is 2.26. The van der Waals surface area contributed by atoms with E-state index in [1.807, 2.05) is 13.8 Å². The Balaban J connectivity index is 0.000000921. The maximum atomic E-state index is 5.22. The molecule has 86 valence electrons. The number of nitrogens with zero attached hydrogens (tertiary/aromatic N) is 1. The smallest absolute Gasteiger partial charge is 0.216 e. The van der Waals surface area contributed by atoms with Crippen molar-refractivity contribution in [3.8, 4) is 5.88 Å².